The van der Waals surface area contributed by atoms with E-state index in [4.69, 9.17) is 44.5 Å². The molecule has 2 fully saturated rings. The molecular weight excluding hydrogens is 797 g/mol. The fourth-order valence-electron chi connectivity index (χ4n) is 8.08. The molecule has 58 heavy (non-hydrogen) atoms. The van der Waals surface area contributed by atoms with Gasteiger partial charge in [-0.15, -0.1) is 0 Å². The van der Waals surface area contributed by atoms with E-state index in [0.29, 0.717) is 56.3 Å². The molecule has 298 valence electrons. The van der Waals surface area contributed by atoms with E-state index >= 15 is 0 Å². The Morgan fingerprint density at radius 1 is 0.879 bits per heavy atom. The second-order valence-electron chi connectivity index (χ2n) is 14.7. The van der Waals surface area contributed by atoms with Gasteiger partial charge in [-0.2, -0.15) is 0 Å². The first-order valence-electron chi connectivity index (χ1n) is 19.3. The first kappa shape index (κ1) is 39.3. The number of methoxy groups -OCH3 is 1. The zero-order valence-corrected chi connectivity index (χ0v) is 34.3. The van der Waals surface area contributed by atoms with Crippen LogP contribution in [0.3, 0.4) is 0 Å². The van der Waals surface area contributed by atoms with Crippen LogP contribution in [-0.2, 0) is 4.74 Å². The van der Waals surface area contributed by atoms with Crippen molar-refractivity contribution in [1.29, 1.82) is 0 Å². The average molecular weight is 839 g/mol. The van der Waals surface area contributed by atoms with E-state index in [2.05, 4.69) is 20.5 Å². The summed E-state index contributed by atoms with van der Waals surface area (Å²) in [5.74, 6) is -0.972. The molecule has 1 unspecified atom stereocenters. The van der Waals surface area contributed by atoms with Gasteiger partial charge in [-0.05, 0) is 80.6 Å². The van der Waals surface area contributed by atoms with Gasteiger partial charge >= 0.3 is 12.0 Å². The van der Waals surface area contributed by atoms with Crippen LogP contribution in [0.5, 0.6) is 0 Å². The summed E-state index contributed by atoms with van der Waals surface area (Å²) in [6.07, 6.45) is 5.27. The highest BCUT2D eigenvalue weighted by Crippen LogP contribution is 2.43. The van der Waals surface area contributed by atoms with Crippen molar-refractivity contribution in [3.63, 3.8) is 0 Å². The highest BCUT2D eigenvalue weighted by Gasteiger charge is 2.30. The van der Waals surface area contributed by atoms with Crippen molar-refractivity contribution < 1.29 is 19.1 Å². The number of hydrogen-bond donors (Lipinski definition) is 3. The van der Waals surface area contributed by atoms with Crippen LogP contribution in [0.1, 0.15) is 65.1 Å². The maximum Gasteiger partial charge on any atom is 0.337 e. The minimum absolute atomic E-state index is 0.0100. The minimum Gasteiger partial charge on any atom is -0.465 e. The number of H-pyrrole nitrogens is 1. The molecule has 0 radical (unpaired) electrons. The number of carbonyl (C=O) groups is 3. The summed E-state index contributed by atoms with van der Waals surface area (Å²) in [6, 6.07) is 25.5. The Morgan fingerprint density at radius 3 is 2.33 bits per heavy atom. The summed E-state index contributed by atoms with van der Waals surface area (Å²) in [7, 11) is 1.32. The number of esters is 1. The van der Waals surface area contributed by atoms with Crippen LogP contribution in [0.25, 0.3) is 33.4 Å². The Kier molecular flexibility index (Phi) is 11.4. The lowest BCUT2D eigenvalue weighted by Crippen LogP contribution is -2.48. The molecule has 3 N–H and O–H groups in total. The first-order chi connectivity index (χ1) is 28.1. The maximum atomic E-state index is 14.9. The predicted molar refractivity (Wildman–Crippen MR) is 231 cm³/mol. The number of amides is 3. The van der Waals surface area contributed by atoms with Crippen molar-refractivity contribution >= 4 is 75.0 Å². The molecule has 2 aliphatic heterocycles. The molecule has 11 nitrogen and oxygen atoms in total. The summed E-state index contributed by atoms with van der Waals surface area (Å²) in [5.41, 5.74) is 6.02. The summed E-state index contributed by atoms with van der Waals surface area (Å²) >= 11 is 19.6. The highest BCUT2D eigenvalue weighted by atomic mass is 35.5. The first-order valence-corrected chi connectivity index (χ1v) is 20.5. The van der Waals surface area contributed by atoms with Crippen molar-refractivity contribution in [2.45, 2.75) is 44.7 Å². The number of nitrogens with one attached hydrogen (secondary N) is 3. The number of halogens is 3. The number of urea groups is 1. The van der Waals surface area contributed by atoms with Gasteiger partial charge in [0.05, 0.1) is 47.8 Å². The molecule has 8 rings (SSSR count). The van der Waals surface area contributed by atoms with Crippen LogP contribution in [0, 0.1) is 0 Å². The Labute approximate surface area is 351 Å². The fraction of sp³-hybridized carbons (Fsp3) is 0.273. The molecule has 6 aromatic rings. The summed E-state index contributed by atoms with van der Waals surface area (Å²) in [4.78, 5) is 53.0. The third-order valence-electron chi connectivity index (χ3n) is 11.1. The monoisotopic (exact) mass is 837 g/mol. The number of aromatic amines is 1. The Balaban J connectivity index is 1.20. The molecule has 2 aliphatic rings. The second-order valence-corrected chi connectivity index (χ2v) is 16.0. The van der Waals surface area contributed by atoms with Crippen molar-refractivity contribution in [2.75, 3.05) is 43.5 Å². The van der Waals surface area contributed by atoms with Gasteiger partial charge in [-0.3, -0.25) is 4.79 Å². The van der Waals surface area contributed by atoms with Crippen LogP contribution >= 0.6 is 34.8 Å². The normalized spacial score (nSPS) is 15.1. The van der Waals surface area contributed by atoms with Crippen LogP contribution in [0.15, 0.2) is 91.3 Å². The molecule has 2 aromatic heterocycles. The number of imidazole rings is 1. The van der Waals surface area contributed by atoms with Crippen LogP contribution < -0.4 is 15.5 Å². The summed E-state index contributed by atoms with van der Waals surface area (Å²) in [5, 5.41) is 8.65. The van der Waals surface area contributed by atoms with Gasteiger partial charge in [0, 0.05) is 69.3 Å². The lowest BCUT2D eigenvalue weighted by molar-refractivity contribution is 0.0600. The number of benzene rings is 4. The minimum atomic E-state index is -0.530. The summed E-state index contributed by atoms with van der Waals surface area (Å²) < 4.78 is 7.08. The second kappa shape index (κ2) is 16.8. The predicted octanol–water partition coefficient (Wildman–Crippen LogP) is 10.1. The largest absolute Gasteiger partial charge is 0.465 e. The number of hydrogen-bond acceptors (Lipinski definition) is 6. The molecule has 14 heteroatoms. The van der Waals surface area contributed by atoms with E-state index in [1.165, 1.54) is 7.11 Å². The number of rotatable bonds is 9. The van der Waals surface area contributed by atoms with Crippen molar-refractivity contribution in [1.82, 2.24) is 24.8 Å². The van der Waals surface area contributed by atoms with E-state index in [1.807, 2.05) is 64.9 Å². The molecule has 0 aliphatic carbocycles. The smallest absolute Gasteiger partial charge is 0.337 e. The van der Waals surface area contributed by atoms with E-state index in [9.17, 15) is 14.4 Å². The lowest BCUT2D eigenvalue weighted by Gasteiger charge is -2.35. The number of likely N-dealkylation sites (tertiary alicyclic amines) is 1. The molecule has 0 bridgehead atoms. The van der Waals surface area contributed by atoms with Gasteiger partial charge in [0.2, 0.25) is 0 Å². The summed E-state index contributed by atoms with van der Waals surface area (Å²) in [6.45, 7) is 4.86. The van der Waals surface area contributed by atoms with Gasteiger partial charge in [-0.25, -0.2) is 14.6 Å². The van der Waals surface area contributed by atoms with Gasteiger partial charge in [-0.1, -0.05) is 77.3 Å². The quantitative estimate of drug-likeness (QED) is 0.125. The molecular formula is C44H42Cl3N7O4. The zero-order valence-electron chi connectivity index (χ0n) is 32.0. The third-order valence-corrected chi connectivity index (χ3v) is 11.9. The van der Waals surface area contributed by atoms with E-state index in [-0.39, 0.29) is 29.4 Å². The molecule has 4 heterocycles. The maximum absolute atomic E-state index is 14.9. The third kappa shape index (κ3) is 7.86. The molecule has 1 atom stereocenters. The standard InChI is InChI=1S/C44H42Cl3N7O4/c1-26(32-13-11-29(45)23-34(32)47)54-25-48-39(27-8-4-3-5-9-27)41(54)38-33-14-12-30(46)24-35(33)50-40(38)42(55)51-36-22-28(43(56)58-2)10-15-37(36)52-20-16-31(17-21-52)49-44(57)53-18-6-7-19-53/h3-5,8-15,22-26,31,50H,6-7,16-21H2,1-2H3,(H,49,57)(H,51,55). The molecule has 4 aromatic carbocycles. The molecule has 0 spiro atoms. The average Bonchev–Trinajstić information content (AvgIpc) is 4.00. The van der Waals surface area contributed by atoms with E-state index in [1.54, 1.807) is 42.7 Å². The Hall–Kier alpha value is -5.49. The zero-order chi connectivity index (χ0) is 40.5. The van der Waals surface area contributed by atoms with Crippen molar-refractivity contribution in [3.8, 4) is 22.5 Å². The van der Waals surface area contributed by atoms with Crippen molar-refractivity contribution in [2.24, 2.45) is 0 Å². The molecule has 2 saturated heterocycles. The van der Waals surface area contributed by atoms with E-state index in [0.717, 1.165) is 61.0 Å². The van der Waals surface area contributed by atoms with Crippen LogP contribution in [0.2, 0.25) is 15.1 Å². The number of fused-ring (bicyclic) bond motifs is 1. The molecule has 0 saturated carbocycles. The number of nitrogens with zero attached hydrogens (tertiary/aromatic N) is 4. The van der Waals surface area contributed by atoms with Crippen molar-refractivity contribution in [3.05, 3.63) is 123 Å². The van der Waals surface area contributed by atoms with Crippen LogP contribution in [-0.4, -0.2) is 76.7 Å². The Bertz CT molecular complexity index is 2510. The van der Waals surface area contributed by atoms with Gasteiger partial charge in [0.25, 0.3) is 5.91 Å². The number of aromatic nitrogens is 3. The number of piperidine rings is 1. The number of anilines is 2. The number of carbonyl (C=O) groups excluding carboxylic acids is 3. The van der Waals surface area contributed by atoms with Gasteiger partial charge < -0.3 is 34.7 Å². The lowest BCUT2D eigenvalue weighted by atomic mass is 9.99. The molecule has 3 amide bonds. The van der Waals surface area contributed by atoms with Gasteiger partial charge in [0.1, 0.15) is 5.69 Å². The number of ether oxygens (including phenoxy) is 1. The SMILES string of the molecule is COC(=O)c1ccc(N2CCC(NC(=O)N3CCCC3)CC2)c(NC(=O)c2[nH]c3cc(Cl)ccc3c2-c2c(-c3ccccc3)ncn2C(C)c2ccc(Cl)cc2Cl)c1. The highest BCUT2D eigenvalue weighted by molar-refractivity contribution is 6.35. The fourth-order valence-corrected chi connectivity index (χ4v) is 8.82. The van der Waals surface area contributed by atoms with Crippen LogP contribution in [0.4, 0.5) is 16.2 Å². The topological polar surface area (TPSA) is 125 Å². The van der Waals surface area contributed by atoms with Gasteiger partial charge in [0.15, 0.2) is 0 Å². The Morgan fingerprint density at radius 2 is 1.60 bits per heavy atom. The van der Waals surface area contributed by atoms with E-state index < -0.39 is 11.9 Å².